The summed E-state index contributed by atoms with van der Waals surface area (Å²) in [5, 5.41) is 5.50. The minimum absolute atomic E-state index is 0.0733. The van der Waals surface area contributed by atoms with Crippen LogP contribution in [-0.2, 0) is 26.3 Å². The van der Waals surface area contributed by atoms with E-state index in [0.29, 0.717) is 24.6 Å². The Bertz CT molecular complexity index is 1070. The van der Waals surface area contributed by atoms with Gasteiger partial charge >= 0.3 is 6.09 Å². The number of nitrogens with zero attached hydrogens (tertiary/aromatic N) is 1. The molecule has 2 N–H and O–H groups in total. The Morgan fingerprint density at radius 2 is 1.91 bits per heavy atom. The predicted molar refractivity (Wildman–Crippen MR) is 128 cm³/mol. The van der Waals surface area contributed by atoms with E-state index in [9.17, 15) is 9.59 Å². The zero-order valence-electron chi connectivity index (χ0n) is 20.5. The van der Waals surface area contributed by atoms with Gasteiger partial charge in [-0.05, 0) is 64.7 Å². The minimum Gasteiger partial charge on any atom is -0.444 e. The fourth-order valence-corrected chi connectivity index (χ4v) is 4.09. The van der Waals surface area contributed by atoms with E-state index in [-0.39, 0.29) is 11.3 Å². The Balaban J connectivity index is 1.43. The van der Waals surface area contributed by atoms with Gasteiger partial charge in [0.2, 0.25) is 11.8 Å². The van der Waals surface area contributed by atoms with Crippen LogP contribution in [0.1, 0.15) is 65.0 Å². The molecule has 1 aromatic carbocycles. The third kappa shape index (κ3) is 5.17. The van der Waals surface area contributed by atoms with Gasteiger partial charge in [-0.1, -0.05) is 19.1 Å². The van der Waals surface area contributed by atoms with Gasteiger partial charge < -0.3 is 24.8 Å². The van der Waals surface area contributed by atoms with Gasteiger partial charge in [-0.15, -0.1) is 0 Å². The van der Waals surface area contributed by atoms with Gasteiger partial charge in [0.25, 0.3) is 0 Å². The lowest BCUT2D eigenvalue weighted by Gasteiger charge is -2.30. The Labute approximate surface area is 200 Å². The van der Waals surface area contributed by atoms with Crippen molar-refractivity contribution in [2.24, 2.45) is 0 Å². The molecule has 1 aliphatic carbocycles. The van der Waals surface area contributed by atoms with Gasteiger partial charge in [-0.25, -0.2) is 9.78 Å². The zero-order chi connectivity index (χ0) is 24.6. The van der Waals surface area contributed by atoms with Crippen molar-refractivity contribution < 1.29 is 23.8 Å². The van der Waals surface area contributed by atoms with E-state index in [1.54, 1.807) is 46.0 Å². The molecular formula is C26H33N3O5. The second-order valence-electron chi connectivity index (χ2n) is 10.3. The number of carbonyl (C=O) groups is 2. The molecule has 1 fully saturated rings. The van der Waals surface area contributed by atoms with Gasteiger partial charge in [0, 0.05) is 17.0 Å². The van der Waals surface area contributed by atoms with E-state index < -0.39 is 17.2 Å². The number of hydrogen-bond donors (Lipinski definition) is 2. The number of aromatic nitrogens is 1. The molecule has 4 rings (SSSR count). The van der Waals surface area contributed by atoms with E-state index in [4.69, 9.17) is 14.2 Å². The highest BCUT2D eigenvalue weighted by Gasteiger charge is 2.49. The van der Waals surface area contributed by atoms with Gasteiger partial charge in [-0.2, -0.15) is 0 Å². The molecule has 182 valence electrons. The molecule has 0 saturated heterocycles. The fourth-order valence-electron chi connectivity index (χ4n) is 4.09. The first-order valence-corrected chi connectivity index (χ1v) is 11.7. The van der Waals surface area contributed by atoms with Gasteiger partial charge in [0.05, 0.1) is 25.1 Å². The SMILES string of the molecule is CC[C@@](C)(NC(=O)OC(C)(C)C)C(=O)Nc1ccc(Oc2cccc3c2C2(CC2)COC3)nc1. The molecule has 0 radical (unpaired) electrons. The van der Waals surface area contributed by atoms with E-state index in [0.717, 1.165) is 25.2 Å². The molecule has 8 heteroatoms. The van der Waals surface area contributed by atoms with Crippen LogP contribution in [0.15, 0.2) is 36.5 Å². The summed E-state index contributed by atoms with van der Waals surface area (Å²) in [6.07, 6.45) is 3.50. The largest absolute Gasteiger partial charge is 0.444 e. The number of ether oxygens (including phenoxy) is 3. The molecule has 2 heterocycles. The summed E-state index contributed by atoms with van der Waals surface area (Å²) in [6.45, 7) is 10.1. The molecule has 1 aromatic heterocycles. The van der Waals surface area contributed by atoms with Gasteiger partial charge in [-0.3, -0.25) is 4.79 Å². The second kappa shape index (κ2) is 8.91. The first-order valence-electron chi connectivity index (χ1n) is 11.7. The quantitative estimate of drug-likeness (QED) is 0.616. The predicted octanol–water partition coefficient (Wildman–Crippen LogP) is 5.07. The average molecular weight is 468 g/mol. The highest BCUT2D eigenvalue weighted by molar-refractivity contribution is 5.99. The number of carbonyl (C=O) groups excluding carboxylic acids is 2. The van der Waals surface area contributed by atoms with Crippen molar-refractivity contribution in [3.05, 3.63) is 47.7 Å². The highest BCUT2D eigenvalue weighted by atomic mass is 16.6. The molecule has 0 unspecified atom stereocenters. The van der Waals surface area contributed by atoms with E-state index >= 15 is 0 Å². The molecule has 1 aliphatic heterocycles. The highest BCUT2D eigenvalue weighted by Crippen LogP contribution is 2.55. The summed E-state index contributed by atoms with van der Waals surface area (Å²) >= 11 is 0. The zero-order valence-corrected chi connectivity index (χ0v) is 20.5. The summed E-state index contributed by atoms with van der Waals surface area (Å²) in [5.41, 5.74) is 1.18. The Kier molecular flexibility index (Phi) is 6.29. The van der Waals surface area contributed by atoms with Gasteiger partial charge in [0.1, 0.15) is 16.9 Å². The monoisotopic (exact) mass is 467 g/mol. The topological polar surface area (TPSA) is 98.8 Å². The molecule has 2 aliphatic rings. The number of amides is 2. The average Bonchev–Trinajstić information content (AvgIpc) is 3.53. The molecular weight excluding hydrogens is 434 g/mol. The lowest BCUT2D eigenvalue weighted by Crippen LogP contribution is -2.55. The van der Waals surface area contributed by atoms with Crippen LogP contribution in [0.3, 0.4) is 0 Å². The minimum atomic E-state index is -1.14. The first kappa shape index (κ1) is 24.0. The third-order valence-electron chi connectivity index (χ3n) is 6.33. The molecule has 1 spiro atoms. The van der Waals surface area contributed by atoms with Crippen LogP contribution in [0.4, 0.5) is 10.5 Å². The summed E-state index contributed by atoms with van der Waals surface area (Å²) in [4.78, 5) is 29.5. The van der Waals surface area contributed by atoms with Crippen molar-refractivity contribution in [2.75, 3.05) is 11.9 Å². The fraction of sp³-hybridized carbons (Fsp3) is 0.500. The maximum absolute atomic E-state index is 12.9. The summed E-state index contributed by atoms with van der Waals surface area (Å²) in [5.74, 6) is 0.894. The van der Waals surface area contributed by atoms with Crippen LogP contribution < -0.4 is 15.4 Å². The van der Waals surface area contributed by atoms with Crippen LogP contribution >= 0.6 is 0 Å². The van der Waals surface area contributed by atoms with Crippen LogP contribution in [0, 0.1) is 0 Å². The van der Waals surface area contributed by atoms with Crippen LogP contribution in [0.5, 0.6) is 11.6 Å². The van der Waals surface area contributed by atoms with Crippen LogP contribution in [0.25, 0.3) is 0 Å². The number of nitrogens with one attached hydrogen (secondary N) is 2. The summed E-state index contributed by atoms with van der Waals surface area (Å²) < 4.78 is 17.2. The maximum atomic E-state index is 12.9. The normalized spacial score (nSPS) is 17.8. The standard InChI is InChI=1S/C26H33N3O5/c1-6-25(5,29-23(31)34-24(2,3)4)22(30)28-18-10-11-20(27-14-18)33-19-9-7-8-17-15-32-16-26(12-13-26)21(17)19/h7-11,14H,6,12-13,15-16H2,1-5H3,(H,28,30)(H,29,31)/t25-/m1/s1. The smallest absolute Gasteiger partial charge is 0.408 e. The first-order chi connectivity index (χ1) is 16.0. The van der Waals surface area contributed by atoms with Crippen molar-refractivity contribution in [3.8, 4) is 11.6 Å². The number of alkyl carbamates (subject to hydrolysis) is 1. The van der Waals surface area contributed by atoms with Crippen LogP contribution in [-0.4, -0.2) is 34.7 Å². The number of fused-ring (bicyclic) bond motifs is 2. The molecule has 8 nitrogen and oxygen atoms in total. The second-order valence-corrected chi connectivity index (χ2v) is 10.3. The van der Waals surface area contributed by atoms with Crippen molar-refractivity contribution in [1.82, 2.24) is 10.3 Å². The Hall–Kier alpha value is -3.13. The Morgan fingerprint density at radius 1 is 1.15 bits per heavy atom. The number of hydrogen-bond acceptors (Lipinski definition) is 6. The molecule has 2 amide bonds. The number of benzene rings is 1. The number of pyridine rings is 1. The molecule has 1 atom stereocenters. The summed E-state index contributed by atoms with van der Waals surface area (Å²) in [6, 6.07) is 9.48. The number of anilines is 1. The van der Waals surface area contributed by atoms with Crippen molar-refractivity contribution in [3.63, 3.8) is 0 Å². The van der Waals surface area contributed by atoms with E-state index in [2.05, 4.69) is 21.7 Å². The molecule has 34 heavy (non-hydrogen) atoms. The molecule has 0 bridgehead atoms. The van der Waals surface area contributed by atoms with Crippen molar-refractivity contribution in [1.29, 1.82) is 0 Å². The lowest BCUT2D eigenvalue weighted by atomic mass is 9.89. The molecule has 2 aromatic rings. The summed E-state index contributed by atoms with van der Waals surface area (Å²) in [7, 11) is 0. The van der Waals surface area contributed by atoms with E-state index in [1.165, 1.54) is 11.1 Å². The Morgan fingerprint density at radius 3 is 2.53 bits per heavy atom. The van der Waals surface area contributed by atoms with Crippen LogP contribution in [0.2, 0.25) is 0 Å². The number of rotatable bonds is 6. The van der Waals surface area contributed by atoms with Gasteiger partial charge in [0.15, 0.2) is 0 Å². The van der Waals surface area contributed by atoms with Crippen molar-refractivity contribution in [2.45, 2.75) is 77.0 Å². The van der Waals surface area contributed by atoms with E-state index in [1.807, 2.05) is 19.1 Å². The lowest BCUT2D eigenvalue weighted by molar-refractivity contribution is -0.122. The maximum Gasteiger partial charge on any atom is 0.408 e. The van der Waals surface area contributed by atoms with Crippen molar-refractivity contribution >= 4 is 17.7 Å². The molecule has 1 saturated carbocycles. The third-order valence-corrected chi connectivity index (χ3v) is 6.33.